The molecule has 27 heavy (non-hydrogen) atoms. The Morgan fingerprint density at radius 1 is 1.04 bits per heavy atom. The monoisotopic (exact) mass is 372 g/mol. The summed E-state index contributed by atoms with van der Waals surface area (Å²) in [5, 5.41) is 0. The van der Waals surface area contributed by atoms with Crippen LogP contribution in [0.3, 0.4) is 0 Å². The van der Waals surface area contributed by atoms with Gasteiger partial charge in [-0.3, -0.25) is 4.79 Å². The van der Waals surface area contributed by atoms with Crippen LogP contribution < -0.4 is 19.1 Å². The highest BCUT2D eigenvalue weighted by atomic mass is 19.1. The van der Waals surface area contributed by atoms with E-state index in [4.69, 9.17) is 14.2 Å². The number of halogens is 1. The first kappa shape index (κ1) is 17.5. The zero-order valence-electron chi connectivity index (χ0n) is 15.1. The van der Waals surface area contributed by atoms with E-state index in [1.54, 1.807) is 31.4 Å². The number of methoxy groups -OCH3 is 1. The summed E-state index contributed by atoms with van der Waals surface area (Å²) in [6, 6.07) is 9.84. The Morgan fingerprint density at radius 2 is 1.74 bits per heavy atom. The quantitative estimate of drug-likeness (QED) is 0.829. The SMILES string of the molecule is COc1cc(C(=O)N2CCN(c3ccc(F)cc3)CC2)cc2c1OCCO2. The van der Waals surface area contributed by atoms with Crippen LogP contribution in [0.5, 0.6) is 17.2 Å². The van der Waals surface area contributed by atoms with Crippen molar-refractivity contribution in [3.63, 3.8) is 0 Å². The lowest BCUT2D eigenvalue weighted by molar-refractivity contribution is 0.0745. The van der Waals surface area contributed by atoms with Crippen LogP contribution in [0, 0.1) is 5.82 Å². The van der Waals surface area contributed by atoms with Crippen molar-refractivity contribution in [1.82, 2.24) is 4.90 Å². The van der Waals surface area contributed by atoms with Crippen LogP contribution in [0.2, 0.25) is 0 Å². The maximum atomic E-state index is 13.1. The van der Waals surface area contributed by atoms with Gasteiger partial charge in [-0.15, -0.1) is 0 Å². The number of carbonyl (C=O) groups excluding carboxylic acids is 1. The molecule has 0 bridgehead atoms. The highest BCUT2D eigenvalue weighted by Gasteiger charge is 2.26. The number of rotatable bonds is 3. The van der Waals surface area contributed by atoms with Gasteiger partial charge >= 0.3 is 0 Å². The minimum absolute atomic E-state index is 0.0657. The van der Waals surface area contributed by atoms with E-state index in [0.29, 0.717) is 62.2 Å². The second-order valence-corrected chi connectivity index (χ2v) is 6.46. The summed E-state index contributed by atoms with van der Waals surface area (Å²) >= 11 is 0. The van der Waals surface area contributed by atoms with Crippen LogP contribution in [0.15, 0.2) is 36.4 Å². The number of amides is 1. The summed E-state index contributed by atoms with van der Waals surface area (Å²) in [7, 11) is 1.54. The van der Waals surface area contributed by atoms with E-state index in [1.165, 1.54) is 12.1 Å². The van der Waals surface area contributed by atoms with E-state index >= 15 is 0 Å². The Hall–Kier alpha value is -2.96. The highest BCUT2D eigenvalue weighted by Crippen LogP contribution is 2.40. The molecule has 0 saturated carbocycles. The normalized spacial score (nSPS) is 16.2. The molecule has 0 unspecified atom stereocenters. The molecule has 1 saturated heterocycles. The van der Waals surface area contributed by atoms with Gasteiger partial charge in [0.2, 0.25) is 5.75 Å². The van der Waals surface area contributed by atoms with Crippen LogP contribution in [0.25, 0.3) is 0 Å². The van der Waals surface area contributed by atoms with E-state index in [9.17, 15) is 9.18 Å². The molecule has 4 rings (SSSR count). The third kappa shape index (κ3) is 3.49. The topological polar surface area (TPSA) is 51.2 Å². The summed E-state index contributed by atoms with van der Waals surface area (Å²) in [4.78, 5) is 16.9. The van der Waals surface area contributed by atoms with Gasteiger partial charge < -0.3 is 24.0 Å². The second kappa shape index (κ2) is 7.34. The molecule has 6 nitrogen and oxygen atoms in total. The lowest BCUT2D eigenvalue weighted by Crippen LogP contribution is -2.48. The fourth-order valence-electron chi connectivity index (χ4n) is 3.40. The van der Waals surface area contributed by atoms with Crippen molar-refractivity contribution in [2.75, 3.05) is 51.4 Å². The number of carbonyl (C=O) groups is 1. The van der Waals surface area contributed by atoms with Crippen molar-refractivity contribution in [3.8, 4) is 17.2 Å². The molecule has 2 aromatic rings. The highest BCUT2D eigenvalue weighted by molar-refractivity contribution is 5.96. The molecule has 2 aliphatic heterocycles. The largest absolute Gasteiger partial charge is 0.493 e. The number of hydrogen-bond acceptors (Lipinski definition) is 5. The van der Waals surface area contributed by atoms with Crippen molar-refractivity contribution in [2.45, 2.75) is 0 Å². The summed E-state index contributed by atoms with van der Waals surface area (Å²) in [5.74, 6) is 1.26. The molecule has 0 atom stereocenters. The van der Waals surface area contributed by atoms with Gasteiger partial charge in [-0.25, -0.2) is 4.39 Å². The third-order valence-corrected chi connectivity index (χ3v) is 4.83. The second-order valence-electron chi connectivity index (χ2n) is 6.46. The fourth-order valence-corrected chi connectivity index (χ4v) is 3.40. The van der Waals surface area contributed by atoms with Crippen LogP contribution >= 0.6 is 0 Å². The first-order chi connectivity index (χ1) is 13.2. The van der Waals surface area contributed by atoms with E-state index in [0.717, 1.165) is 5.69 Å². The Balaban J connectivity index is 1.47. The maximum Gasteiger partial charge on any atom is 0.254 e. The van der Waals surface area contributed by atoms with E-state index in [2.05, 4.69) is 4.90 Å². The number of anilines is 1. The van der Waals surface area contributed by atoms with E-state index < -0.39 is 0 Å². The smallest absolute Gasteiger partial charge is 0.254 e. The zero-order chi connectivity index (χ0) is 18.8. The van der Waals surface area contributed by atoms with Crippen molar-refractivity contribution in [1.29, 1.82) is 0 Å². The number of ether oxygens (including phenoxy) is 3. The Kier molecular flexibility index (Phi) is 4.75. The Morgan fingerprint density at radius 3 is 2.44 bits per heavy atom. The van der Waals surface area contributed by atoms with Gasteiger partial charge in [-0.05, 0) is 36.4 Å². The molecule has 0 radical (unpaired) electrons. The standard InChI is InChI=1S/C20H21FN2O4/c1-25-17-12-14(13-18-19(17)27-11-10-26-18)20(24)23-8-6-22(7-9-23)16-4-2-15(21)3-5-16/h2-5,12-13H,6-11H2,1H3. The van der Waals surface area contributed by atoms with Crippen LogP contribution in [-0.2, 0) is 0 Å². The predicted octanol–water partition coefficient (Wildman–Crippen LogP) is 2.57. The van der Waals surface area contributed by atoms with Crippen molar-refractivity contribution in [3.05, 3.63) is 47.8 Å². The molecule has 2 aromatic carbocycles. The number of hydrogen-bond donors (Lipinski definition) is 0. The van der Waals surface area contributed by atoms with Gasteiger partial charge in [-0.2, -0.15) is 0 Å². The molecule has 0 aliphatic carbocycles. The molecule has 1 amide bonds. The van der Waals surface area contributed by atoms with Crippen molar-refractivity contribution in [2.24, 2.45) is 0 Å². The number of fused-ring (bicyclic) bond motifs is 1. The average Bonchev–Trinajstić information content (AvgIpc) is 2.73. The molecule has 7 heteroatoms. The fraction of sp³-hybridized carbons (Fsp3) is 0.350. The van der Waals surface area contributed by atoms with Crippen LogP contribution in [-0.4, -0.2) is 57.3 Å². The molecular weight excluding hydrogens is 351 g/mol. The number of benzene rings is 2. The van der Waals surface area contributed by atoms with Gasteiger partial charge in [0.25, 0.3) is 5.91 Å². The lowest BCUT2D eigenvalue weighted by Gasteiger charge is -2.36. The number of piperazine rings is 1. The molecule has 0 aromatic heterocycles. The minimum atomic E-state index is -0.250. The van der Waals surface area contributed by atoms with Gasteiger partial charge in [-0.1, -0.05) is 0 Å². The molecular formula is C20H21FN2O4. The van der Waals surface area contributed by atoms with Gasteiger partial charge in [0, 0.05) is 37.4 Å². The Bertz CT molecular complexity index is 815. The molecule has 2 aliphatic rings. The van der Waals surface area contributed by atoms with Crippen LogP contribution in [0.1, 0.15) is 10.4 Å². The van der Waals surface area contributed by atoms with Crippen molar-refractivity contribution >= 4 is 11.6 Å². The maximum absolute atomic E-state index is 13.1. The summed E-state index contributed by atoms with van der Waals surface area (Å²) < 4.78 is 29.7. The molecule has 2 heterocycles. The average molecular weight is 372 g/mol. The molecule has 0 spiro atoms. The van der Waals surface area contributed by atoms with E-state index in [1.807, 2.05) is 4.90 Å². The first-order valence-corrected chi connectivity index (χ1v) is 8.93. The predicted molar refractivity (Wildman–Crippen MR) is 98.5 cm³/mol. The van der Waals surface area contributed by atoms with E-state index in [-0.39, 0.29) is 11.7 Å². The lowest BCUT2D eigenvalue weighted by atomic mass is 10.1. The minimum Gasteiger partial charge on any atom is -0.493 e. The molecule has 1 fully saturated rings. The summed E-state index contributed by atoms with van der Waals surface area (Å²) in [5.41, 5.74) is 1.48. The number of nitrogens with zero attached hydrogens (tertiary/aromatic N) is 2. The van der Waals surface area contributed by atoms with Gasteiger partial charge in [0.05, 0.1) is 7.11 Å². The third-order valence-electron chi connectivity index (χ3n) is 4.83. The molecule has 142 valence electrons. The van der Waals surface area contributed by atoms with Gasteiger partial charge in [0.15, 0.2) is 11.5 Å². The van der Waals surface area contributed by atoms with Gasteiger partial charge in [0.1, 0.15) is 19.0 Å². The summed E-state index contributed by atoms with van der Waals surface area (Å²) in [6.07, 6.45) is 0. The van der Waals surface area contributed by atoms with Crippen LogP contribution in [0.4, 0.5) is 10.1 Å². The Labute approximate surface area is 157 Å². The van der Waals surface area contributed by atoms with Crippen molar-refractivity contribution < 1.29 is 23.4 Å². The summed E-state index contributed by atoms with van der Waals surface area (Å²) in [6.45, 7) is 3.48. The first-order valence-electron chi connectivity index (χ1n) is 8.93. The zero-order valence-corrected chi connectivity index (χ0v) is 15.1. The molecule has 0 N–H and O–H groups in total.